The Morgan fingerprint density at radius 3 is 2.29 bits per heavy atom. The predicted octanol–water partition coefficient (Wildman–Crippen LogP) is 0.899. The number of hydrogen-bond donors (Lipinski definition) is 3. The van der Waals surface area contributed by atoms with Crippen LogP contribution >= 0.6 is 0 Å². The van der Waals surface area contributed by atoms with E-state index in [1.165, 1.54) is 19.1 Å². The number of hydrogen-bond acceptors (Lipinski definition) is 4. The van der Waals surface area contributed by atoms with Gasteiger partial charge < -0.3 is 11.1 Å². The molecule has 0 heterocycles. The van der Waals surface area contributed by atoms with Gasteiger partial charge in [-0.25, -0.2) is 8.42 Å². The Kier molecular flexibility index (Phi) is 6.32. The molecular formula is C14H23N3O3S. The average Bonchev–Trinajstić information content (AvgIpc) is 2.44. The van der Waals surface area contributed by atoms with Crippen molar-refractivity contribution in [3.05, 3.63) is 29.8 Å². The zero-order valence-electron chi connectivity index (χ0n) is 12.6. The van der Waals surface area contributed by atoms with Crippen molar-refractivity contribution in [2.75, 3.05) is 6.54 Å². The second-order valence-corrected chi connectivity index (χ2v) is 6.70. The fourth-order valence-electron chi connectivity index (χ4n) is 1.77. The maximum absolute atomic E-state index is 12.1. The Bertz CT molecular complexity index is 570. The highest BCUT2D eigenvalue weighted by molar-refractivity contribution is 7.89. The third kappa shape index (κ3) is 5.11. The predicted molar refractivity (Wildman–Crippen MR) is 82.1 cm³/mol. The van der Waals surface area contributed by atoms with Crippen LogP contribution in [-0.2, 0) is 14.8 Å². The molecule has 2 unspecified atom stereocenters. The standard InChI is InChI=1S/C14H23N3O3S/c1-4-9-16-10(2)12-5-7-13(8-6-12)21(19,20)17-11(3)14(15)18/h5-8,10-11,16-17H,4,9H2,1-3H3,(H2,15,18). The van der Waals surface area contributed by atoms with Gasteiger partial charge in [-0.05, 0) is 44.5 Å². The molecule has 0 aliphatic rings. The zero-order valence-corrected chi connectivity index (χ0v) is 13.4. The van der Waals surface area contributed by atoms with Gasteiger partial charge in [0.25, 0.3) is 0 Å². The molecule has 0 radical (unpaired) electrons. The molecule has 1 amide bonds. The second kappa shape index (κ2) is 7.53. The van der Waals surface area contributed by atoms with E-state index in [0.717, 1.165) is 18.5 Å². The van der Waals surface area contributed by atoms with Crippen molar-refractivity contribution in [1.29, 1.82) is 0 Å². The molecule has 0 saturated heterocycles. The Labute approximate surface area is 126 Å². The van der Waals surface area contributed by atoms with E-state index in [1.54, 1.807) is 12.1 Å². The highest BCUT2D eigenvalue weighted by Crippen LogP contribution is 2.16. The number of primary amides is 1. The Balaban J connectivity index is 2.84. The molecule has 21 heavy (non-hydrogen) atoms. The molecule has 118 valence electrons. The fraction of sp³-hybridized carbons (Fsp3) is 0.500. The molecule has 0 bridgehead atoms. The minimum absolute atomic E-state index is 0.113. The minimum atomic E-state index is -3.74. The van der Waals surface area contributed by atoms with Gasteiger partial charge in [0, 0.05) is 6.04 Å². The zero-order chi connectivity index (χ0) is 16.0. The van der Waals surface area contributed by atoms with Crippen LogP contribution < -0.4 is 15.8 Å². The minimum Gasteiger partial charge on any atom is -0.368 e. The molecule has 7 heteroatoms. The number of amides is 1. The summed E-state index contributed by atoms with van der Waals surface area (Å²) in [7, 11) is -3.74. The van der Waals surface area contributed by atoms with Crippen LogP contribution in [0.4, 0.5) is 0 Å². The molecule has 0 fully saturated rings. The first kappa shape index (κ1) is 17.6. The Morgan fingerprint density at radius 1 is 1.24 bits per heavy atom. The summed E-state index contributed by atoms with van der Waals surface area (Å²) >= 11 is 0. The van der Waals surface area contributed by atoms with Crippen LogP contribution in [0.15, 0.2) is 29.2 Å². The van der Waals surface area contributed by atoms with E-state index in [-0.39, 0.29) is 10.9 Å². The third-order valence-corrected chi connectivity index (χ3v) is 4.71. The average molecular weight is 313 g/mol. The lowest BCUT2D eigenvalue weighted by Gasteiger charge is -2.15. The molecule has 0 aliphatic carbocycles. The highest BCUT2D eigenvalue weighted by Gasteiger charge is 2.20. The Morgan fingerprint density at radius 2 is 1.81 bits per heavy atom. The van der Waals surface area contributed by atoms with Crippen molar-refractivity contribution in [2.45, 2.75) is 44.2 Å². The molecule has 0 aliphatic heterocycles. The summed E-state index contributed by atoms with van der Waals surface area (Å²) < 4.78 is 26.4. The van der Waals surface area contributed by atoms with Crippen molar-refractivity contribution in [3.8, 4) is 0 Å². The summed E-state index contributed by atoms with van der Waals surface area (Å²) in [5.74, 6) is -0.715. The SMILES string of the molecule is CCCNC(C)c1ccc(S(=O)(=O)NC(C)C(N)=O)cc1. The van der Waals surface area contributed by atoms with Gasteiger partial charge in [-0.15, -0.1) is 0 Å². The number of carbonyl (C=O) groups excluding carboxylic acids is 1. The van der Waals surface area contributed by atoms with Crippen LogP contribution in [0.5, 0.6) is 0 Å². The van der Waals surface area contributed by atoms with Crippen molar-refractivity contribution in [2.24, 2.45) is 5.73 Å². The molecule has 4 N–H and O–H groups in total. The van der Waals surface area contributed by atoms with Gasteiger partial charge in [-0.3, -0.25) is 4.79 Å². The molecular weight excluding hydrogens is 290 g/mol. The second-order valence-electron chi connectivity index (χ2n) is 4.99. The number of benzene rings is 1. The van der Waals surface area contributed by atoms with Gasteiger partial charge in [-0.2, -0.15) is 4.72 Å². The summed E-state index contributed by atoms with van der Waals surface area (Å²) in [5, 5.41) is 3.33. The van der Waals surface area contributed by atoms with E-state index in [9.17, 15) is 13.2 Å². The van der Waals surface area contributed by atoms with Crippen LogP contribution in [0.1, 0.15) is 38.8 Å². The van der Waals surface area contributed by atoms with Crippen LogP contribution in [0.25, 0.3) is 0 Å². The van der Waals surface area contributed by atoms with E-state index >= 15 is 0 Å². The molecule has 0 aromatic heterocycles. The number of nitrogens with one attached hydrogen (secondary N) is 2. The monoisotopic (exact) mass is 313 g/mol. The summed E-state index contributed by atoms with van der Waals surface area (Å²) in [4.78, 5) is 11.1. The van der Waals surface area contributed by atoms with E-state index < -0.39 is 22.0 Å². The molecule has 2 atom stereocenters. The molecule has 1 aromatic rings. The summed E-state index contributed by atoms with van der Waals surface area (Å²) in [6.45, 7) is 6.41. The van der Waals surface area contributed by atoms with E-state index in [1.807, 2.05) is 6.92 Å². The van der Waals surface area contributed by atoms with Gasteiger partial charge in [0.2, 0.25) is 15.9 Å². The van der Waals surface area contributed by atoms with Crippen LogP contribution in [0.3, 0.4) is 0 Å². The highest BCUT2D eigenvalue weighted by atomic mass is 32.2. The summed E-state index contributed by atoms with van der Waals surface area (Å²) in [6.07, 6.45) is 1.03. The summed E-state index contributed by atoms with van der Waals surface area (Å²) in [5.41, 5.74) is 6.06. The number of nitrogens with two attached hydrogens (primary N) is 1. The van der Waals surface area contributed by atoms with Crippen LogP contribution in [-0.4, -0.2) is 26.9 Å². The fourth-order valence-corrected chi connectivity index (χ4v) is 2.99. The van der Waals surface area contributed by atoms with Crippen LogP contribution in [0, 0.1) is 0 Å². The normalized spacial score (nSPS) is 14.6. The number of sulfonamides is 1. The first-order valence-electron chi connectivity index (χ1n) is 6.93. The van der Waals surface area contributed by atoms with Gasteiger partial charge in [0.05, 0.1) is 10.9 Å². The molecule has 0 spiro atoms. The Hall–Kier alpha value is -1.44. The molecule has 6 nitrogen and oxygen atoms in total. The smallest absolute Gasteiger partial charge is 0.241 e. The van der Waals surface area contributed by atoms with Gasteiger partial charge >= 0.3 is 0 Å². The first-order chi connectivity index (χ1) is 9.77. The molecule has 0 saturated carbocycles. The molecule has 1 rings (SSSR count). The first-order valence-corrected chi connectivity index (χ1v) is 8.41. The van der Waals surface area contributed by atoms with Crippen molar-refractivity contribution in [3.63, 3.8) is 0 Å². The molecule has 1 aromatic carbocycles. The van der Waals surface area contributed by atoms with E-state index in [2.05, 4.69) is 17.0 Å². The number of rotatable bonds is 8. The van der Waals surface area contributed by atoms with Crippen molar-refractivity contribution in [1.82, 2.24) is 10.0 Å². The van der Waals surface area contributed by atoms with Gasteiger partial charge in [-0.1, -0.05) is 19.1 Å². The summed E-state index contributed by atoms with van der Waals surface area (Å²) in [6, 6.07) is 5.78. The van der Waals surface area contributed by atoms with Crippen molar-refractivity contribution >= 4 is 15.9 Å². The van der Waals surface area contributed by atoms with Gasteiger partial charge in [0.15, 0.2) is 0 Å². The quantitative estimate of drug-likeness (QED) is 0.663. The van der Waals surface area contributed by atoms with Crippen LogP contribution in [0.2, 0.25) is 0 Å². The maximum Gasteiger partial charge on any atom is 0.241 e. The lowest BCUT2D eigenvalue weighted by Crippen LogP contribution is -2.42. The van der Waals surface area contributed by atoms with Crippen molar-refractivity contribution < 1.29 is 13.2 Å². The topological polar surface area (TPSA) is 101 Å². The van der Waals surface area contributed by atoms with Gasteiger partial charge in [0.1, 0.15) is 0 Å². The third-order valence-electron chi connectivity index (χ3n) is 3.15. The lowest BCUT2D eigenvalue weighted by molar-refractivity contribution is -0.119. The van der Waals surface area contributed by atoms with E-state index in [4.69, 9.17) is 5.73 Å². The maximum atomic E-state index is 12.1. The number of carbonyl (C=O) groups is 1. The largest absolute Gasteiger partial charge is 0.368 e. The lowest BCUT2D eigenvalue weighted by atomic mass is 10.1. The van der Waals surface area contributed by atoms with E-state index in [0.29, 0.717) is 0 Å².